The summed E-state index contributed by atoms with van der Waals surface area (Å²) in [6.45, 7) is 5.87. The standard InChI is InChI=1S/C13H20N2OS/c1-4-7-17-10-5-6-11(14)12(8-10)15-13(16)9(2)3/h5-6,8-9H,4,7,14H2,1-3H3,(H,15,16). The number of benzene rings is 1. The molecule has 0 bridgehead atoms. The lowest BCUT2D eigenvalue weighted by molar-refractivity contribution is -0.118. The topological polar surface area (TPSA) is 55.1 Å². The van der Waals surface area contributed by atoms with E-state index in [0.29, 0.717) is 11.4 Å². The van der Waals surface area contributed by atoms with E-state index in [4.69, 9.17) is 5.73 Å². The van der Waals surface area contributed by atoms with Gasteiger partial charge in [0.05, 0.1) is 11.4 Å². The van der Waals surface area contributed by atoms with Crippen molar-refractivity contribution in [3.63, 3.8) is 0 Å². The van der Waals surface area contributed by atoms with E-state index in [-0.39, 0.29) is 11.8 Å². The molecule has 0 aliphatic heterocycles. The molecule has 4 heteroatoms. The zero-order chi connectivity index (χ0) is 12.8. The van der Waals surface area contributed by atoms with Gasteiger partial charge in [0.15, 0.2) is 0 Å². The summed E-state index contributed by atoms with van der Waals surface area (Å²) >= 11 is 1.77. The molecule has 0 radical (unpaired) electrons. The van der Waals surface area contributed by atoms with E-state index in [9.17, 15) is 4.79 Å². The second kappa shape index (κ2) is 6.55. The number of anilines is 2. The Labute approximate surface area is 107 Å². The number of nitrogen functional groups attached to an aromatic ring is 1. The number of carbonyl (C=O) groups is 1. The monoisotopic (exact) mass is 252 g/mol. The minimum atomic E-state index is -0.0404. The first-order valence-corrected chi connectivity index (χ1v) is 6.86. The second-order valence-electron chi connectivity index (χ2n) is 4.24. The average molecular weight is 252 g/mol. The molecule has 0 saturated heterocycles. The predicted octanol–water partition coefficient (Wildman–Crippen LogP) is 3.37. The van der Waals surface area contributed by atoms with Gasteiger partial charge in [-0.3, -0.25) is 4.79 Å². The van der Waals surface area contributed by atoms with Crippen molar-refractivity contribution in [2.75, 3.05) is 16.8 Å². The Morgan fingerprint density at radius 3 is 2.76 bits per heavy atom. The molecule has 0 fully saturated rings. The van der Waals surface area contributed by atoms with Crippen LogP contribution in [0.4, 0.5) is 11.4 Å². The summed E-state index contributed by atoms with van der Waals surface area (Å²) in [5, 5.41) is 2.85. The van der Waals surface area contributed by atoms with Crippen LogP contribution in [0, 0.1) is 5.92 Å². The molecular formula is C13H20N2OS. The normalized spacial score (nSPS) is 10.6. The van der Waals surface area contributed by atoms with Gasteiger partial charge in [0.25, 0.3) is 0 Å². The minimum absolute atomic E-state index is 0.00524. The van der Waals surface area contributed by atoms with Crippen LogP contribution in [-0.4, -0.2) is 11.7 Å². The first kappa shape index (κ1) is 13.9. The van der Waals surface area contributed by atoms with Crippen molar-refractivity contribution in [2.45, 2.75) is 32.1 Å². The van der Waals surface area contributed by atoms with Gasteiger partial charge >= 0.3 is 0 Å². The Balaban J connectivity index is 2.79. The van der Waals surface area contributed by atoms with Crippen molar-refractivity contribution in [3.05, 3.63) is 18.2 Å². The molecule has 0 heterocycles. The second-order valence-corrected chi connectivity index (χ2v) is 5.41. The lowest BCUT2D eigenvalue weighted by Crippen LogP contribution is -2.18. The van der Waals surface area contributed by atoms with Gasteiger partial charge < -0.3 is 11.1 Å². The molecule has 17 heavy (non-hydrogen) atoms. The lowest BCUT2D eigenvalue weighted by Gasteiger charge is -2.11. The highest BCUT2D eigenvalue weighted by atomic mass is 32.2. The number of thioether (sulfide) groups is 1. The van der Waals surface area contributed by atoms with Gasteiger partial charge in [0.1, 0.15) is 0 Å². The van der Waals surface area contributed by atoms with Crippen LogP contribution in [0.5, 0.6) is 0 Å². The van der Waals surface area contributed by atoms with Gasteiger partial charge in [0, 0.05) is 10.8 Å². The zero-order valence-electron chi connectivity index (χ0n) is 10.6. The molecule has 0 atom stereocenters. The quantitative estimate of drug-likeness (QED) is 0.624. The summed E-state index contributed by atoms with van der Waals surface area (Å²) < 4.78 is 0. The van der Waals surface area contributed by atoms with Gasteiger partial charge in [-0.25, -0.2) is 0 Å². The summed E-state index contributed by atoms with van der Waals surface area (Å²) in [5.41, 5.74) is 7.17. The summed E-state index contributed by atoms with van der Waals surface area (Å²) in [4.78, 5) is 12.8. The predicted molar refractivity (Wildman–Crippen MR) is 75.3 cm³/mol. The van der Waals surface area contributed by atoms with Gasteiger partial charge in [-0.05, 0) is 30.4 Å². The fourth-order valence-corrected chi connectivity index (χ4v) is 2.04. The van der Waals surface area contributed by atoms with Gasteiger partial charge in [-0.15, -0.1) is 11.8 Å². The van der Waals surface area contributed by atoms with Crippen LogP contribution in [-0.2, 0) is 4.79 Å². The smallest absolute Gasteiger partial charge is 0.226 e. The largest absolute Gasteiger partial charge is 0.397 e. The number of nitrogens with one attached hydrogen (secondary N) is 1. The van der Waals surface area contributed by atoms with E-state index in [0.717, 1.165) is 17.1 Å². The average Bonchev–Trinajstić information content (AvgIpc) is 2.29. The van der Waals surface area contributed by atoms with Crippen LogP contribution in [0.25, 0.3) is 0 Å². The SMILES string of the molecule is CCCSc1ccc(N)c(NC(=O)C(C)C)c1. The highest BCUT2D eigenvalue weighted by molar-refractivity contribution is 7.99. The van der Waals surface area contributed by atoms with E-state index in [1.54, 1.807) is 11.8 Å². The molecule has 94 valence electrons. The first-order valence-electron chi connectivity index (χ1n) is 5.87. The third-order valence-electron chi connectivity index (χ3n) is 2.28. The van der Waals surface area contributed by atoms with Crippen molar-refractivity contribution >= 4 is 29.0 Å². The molecule has 0 saturated carbocycles. The highest BCUT2D eigenvalue weighted by Gasteiger charge is 2.09. The van der Waals surface area contributed by atoms with E-state index in [2.05, 4.69) is 12.2 Å². The van der Waals surface area contributed by atoms with Crippen molar-refractivity contribution in [1.29, 1.82) is 0 Å². The molecule has 0 aromatic heterocycles. The summed E-state index contributed by atoms with van der Waals surface area (Å²) in [7, 11) is 0. The molecule has 1 rings (SSSR count). The molecule has 0 aliphatic rings. The van der Waals surface area contributed by atoms with Gasteiger partial charge in [-0.1, -0.05) is 20.8 Å². The van der Waals surface area contributed by atoms with Crippen LogP contribution >= 0.6 is 11.8 Å². The molecule has 1 amide bonds. The first-order chi connectivity index (χ1) is 8.04. The van der Waals surface area contributed by atoms with E-state index < -0.39 is 0 Å². The molecular weight excluding hydrogens is 232 g/mol. The molecule has 0 unspecified atom stereocenters. The fourth-order valence-electron chi connectivity index (χ4n) is 1.23. The molecule has 1 aromatic rings. The molecule has 0 spiro atoms. The number of hydrogen-bond acceptors (Lipinski definition) is 3. The van der Waals surface area contributed by atoms with Crippen molar-refractivity contribution in [2.24, 2.45) is 5.92 Å². The lowest BCUT2D eigenvalue weighted by atomic mass is 10.2. The van der Waals surface area contributed by atoms with Crippen LogP contribution in [0.2, 0.25) is 0 Å². The Bertz CT molecular complexity index is 391. The number of rotatable bonds is 5. The number of carbonyl (C=O) groups excluding carboxylic acids is 1. The maximum absolute atomic E-state index is 11.6. The van der Waals surface area contributed by atoms with E-state index in [1.807, 2.05) is 32.0 Å². The number of nitrogens with two attached hydrogens (primary N) is 1. The highest BCUT2D eigenvalue weighted by Crippen LogP contribution is 2.27. The van der Waals surface area contributed by atoms with Crippen molar-refractivity contribution in [1.82, 2.24) is 0 Å². The summed E-state index contributed by atoms with van der Waals surface area (Å²) in [6, 6.07) is 5.77. The third kappa shape index (κ3) is 4.30. The van der Waals surface area contributed by atoms with Gasteiger partial charge in [-0.2, -0.15) is 0 Å². The Hall–Kier alpha value is -1.16. The molecule has 3 N–H and O–H groups in total. The Morgan fingerprint density at radius 2 is 2.18 bits per heavy atom. The van der Waals surface area contributed by atoms with Crippen LogP contribution in [0.15, 0.2) is 23.1 Å². The zero-order valence-corrected chi connectivity index (χ0v) is 11.4. The fraction of sp³-hybridized carbons (Fsp3) is 0.462. The van der Waals surface area contributed by atoms with E-state index >= 15 is 0 Å². The summed E-state index contributed by atoms with van der Waals surface area (Å²) in [6.07, 6.45) is 1.13. The van der Waals surface area contributed by atoms with Crippen molar-refractivity contribution < 1.29 is 4.79 Å². The maximum Gasteiger partial charge on any atom is 0.226 e. The van der Waals surface area contributed by atoms with Crippen molar-refractivity contribution in [3.8, 4) is 0 Å². The molecule has 3 nitrogen and oxygen atoms in total. The van der Waals surface area contributed by atoms with Crippen LogP contribution in [0.3, 0.4) is 0 Å². The van der Waals surface area contributed by atoms with Gasteiger partial charge in [0.2, 0.25) is 5.91 Å². The minimum Gasteiger partial charge on any atom is -0.397 e. The number of amides is 1. The maximum atomic E-state index is 11.6. The Kier molecular flexibility index (Phi) is 5.35. The summed E-state index contributed by atoms with van der Waals surface area (Å²) in [5.74, 6) is 1.03. The number of hydrogen-bond donors (Lipinski definition) is 2. The van der Waals surface area contributed by atoms with E-state index in [1.165, 1.54) is 0 Å². The van der Waals surface area contributed by atoms with Crippen LogP contribution < -0.4 is 11.1 Å². The molecule has 0 aliphatic carbocycles. The third-order valence-corrected chi connectivity index (χ3v) is 3.48. The molecule has 1 aromatic carbocycles. The van der Waals surface area contributed by atoms with Crippen LogP contribution in [0.1, 0.15) is 27.2 Å². The Morgan fingerprint density at radius 1 is 1.47 bits per heavy atom.